The van der Waals surface area contributed by atoms with Crippen LogP contribution in [0.15, 0.2) is 12.1 Å². The summed E-state index contributed by atoms with van der Waals surface area (Å²) in [6.07, 6.45) is 16.1. The number of phenols is 1. The lowest BCUT2D eigenvalue weighted by molar-refractivity contribution is -0.143. The van der Waals surface area contributed by atoms with Crippen LogP contribution >= 0.6 is 0 Å². The van der Waals surface area contributed by atoms with Crippen LogP contribution in [0.3, 0.4) is 0 Å². The van der Waals surface area contributed by atoms with Crippen LogP contribution in [0.4, 0.5) is 0 Å². The summed E-state index contributed by atoms with van der Waals surface area (Å²) in [5.41, 5.74) is 2.89. The summed E-state index contributed by atoms with van der Waals surface area (Å²) in [6.45, 7) is 11.2. The normalized spacial score (nSPS) is 11.6. The fraction of sp³-hybridized carbons (Fsp3) is 0.750. The van der Waals surface area contributed by atoms with Gasteiger partial charge in [-0.15, -0.1) is 0 Å². The van der Waals surface area contributed by atoms with Gasteiger partial charge in [0, 0.05) is 6.42 Å². The van der Waals surface area contributed by atoms with Crippen molar-refractivity contribution in [2.24, 2.45) is 0 Å². The largest absolute Gasteiger partial charge is 0.507 e. The number of carbonyl (C=O) groups is 1. The van der Waals surface area contributed by atoms with Crippen molar-refractivity contribution in [3.05, 3.63) is 28.8 Å². The minimum atomic E-state index is -0.125. The molecule has 3 heteroatoms. The average molecular weight is 433 g/mol. The molecule has 1 rings (SSSR count). The molecule has 0 spiro atoms. The van der Waals surface area contributed by atoms with Crippen LogP contribution in [0.1, 0.15) is 128 Å². The van der Waals surface area contributed by atoms with E-state index >= 15 is 0 Å². The molecule has 178 valence electrons. The molecule has 0 radical (unpaired) electrons. The second-order valence-corrected chi connectivity index (χ2v) is 10.0. The fourth-order valence-corrected chi connectivity index (χ4v) is 4.02. The molecule has 1 aromatic carbocycles. The first-order chi connectivity index (χ1) is 14.8. The highest BCUT2D eigenvalue weighted by atomic mass is 16.5. The van der Waals surface area contributed by atoms with Crippen LogP contribution in [0.2, 0.25) is 0 Å². The quantitative estimate of drug-likeness (QED) is 0.212. The van der Waals surface area contributed by atoms with E-state index in [1.54, 1.807) is 0 Å². The van der Waals surface area contributed by atoms with Crippen molar-refractivity contribution in [3.8, 4) is 5.75 Å². The highest BCUT2D eigenvalue weighted by molar-refractivity contribution is 5.69. The van der Waals surface area contributed by atoms with Gasteiger partial charge in [0.05, 0.1) is 6.61 Å². The van der Waals surface area contributed by atoms with Crippen molar-refractivity contribution >= 4 is 5.97 Å². The summed E-state index contributed by atoms with van der Waals surface area (Å²) in [5, 5.41) is 10.5. The Balaban J connectivity index is 2.20. The monoisotopic (exact) mass is 432 g/mol. The molecule has 0 atom stereocenters. The van der Waals surface area contributed by atoms with Gasteiger partial charge in [0.15, 0.2) is 0 Å². The van der Waals surface area contributed by atoms with E-state index in [1.165, 1.54) is 57.8 Å². The molecule has 0 saturated carbocycles. The zero-order valence-corrected chi connectivity index (χ0v) is 21.0. The number of unbranched alkanes of at least 4 members (excludes halogenated alkanes) is 10. The van der Waals surface area contributed by atoms with Gasteiger partial charge in [-0.2, -0.15) is 0 Å². The minimum absolute atomic E-state index is 0.115. The van der Waals surface area contributed by atoms with Crippen molar-refractivity contribution < 1.29 is 14.6 Å². The summed E-state index contributed by atoms with van der Waals surface area (Å²) in [6, 6.07) is 4.08. The Kier molecular flexibility index (Phi) is 13.6. The maximum absolute atomic E-state index is 12.1. The molecule has 31 heavy (non-hydrogen) atoms. The molecule has 1 N–H and O–H groups in total. The molecule has 0 aliphatic rings. The molecule has 0 heterocycles. The predicted molar refractivity (Wildman–Crippen MR) is 132 cm³/mol. The van der Waals surface area contributed by atoms with E-state index in [1.807, 2.05) is 19.1 Å². The molecule has 3 nitrogen and oxygen atoms in total. The Labute approximate surface area is 192 Å². The average Bonchev–Trinajstić information content (AvgIpc) is 2.72. The smallest absolute Gasteiger partial charge is 0.306 e. The van der Waals surface area contributed by atoms with Crippen molar-refractivity contribution in [1.29, 1.82) is 0 Å². The number of hydrogen-bond donors (Lipinski definition) is 1. The van der Waals surface area contributed by atoms with Gasteiger partial charge in [0.25, 0.3) is 0 Å². The highest BCUT2D eigenvalue weighted by Gasteiger charge is 2.21. The van der Waals surface area contributed by atoms with E-state index < -0.39 is 0 Å². The number of phenolic OH excluding ortho intramolecular Hbond substituents is 1. The van der Waals surface area contributed by atoms with Crippen LogP contribution in [-0.4, -0.2) is 17.7 Å². The topological polar surface area (TPSA) is 46.5 Å². The Bertz CT molecular complexity index is 628. The van der Waals surface area contributed by atoms with Gasteiger partial charge in [-0.3, -0.25) is 4.79 Å². The van der Waals surface area contributed by atoms with Crippen molar-refractivity contribution in [2.45, 2.75) is 130 Å². The number of hydrogen-bond acceptors (Lipinski definition) is 3. The first-order valence-electron chi connectivity index (χ1n) is 12.8. The fourth-order valence-electron chi connectivity index (χ4n) is 4.02. The lowest BCUT2D eigenvalue weighted by atomic mass is 9.83. The number of aryl methyl sites for hydroxylation is 2. The molecule has 0 saturated heterocycles. The van der Waals surface area contributed by atoms with E-state index in [2.05, 4.69) is 27.7 Å². The SMILES string of the molecule is CCCCCCCCCCCCCOC(=O)CCc1cc(CC)c(O)c(C(C)(C)C)c1. The third-order valence-electron chi connectivity index (χ3n) is 6.07. The van der Waals surface area contributed by atoms with Crippen LogP contribution < -0.4 is 0 Å². The van der Waals surface area contributed by atoms with Crippen LogP contribution in [-0.2, 0) is 27.8 Å². The van der Waals surface area contributed by atoms with Gasteiger partial charge in [-0.1, -0.05) is 111 Å². The number of rotatable bonds is 16. The highest BCUT2D eigenvalue weighted by Crippen LogP contribution is 2.35. The van der Waals surface area contributed by atoms with E-state index in [9.17, 15) is 9.90 Å². The summed E-state index contributed by atoms with van der Waals surface area (Å²) < 4.78 is 5.44. The van der Waals surface area contributed by atoms with Gasteiger partial charge in [-0.25, -0.2) is 0 Å². The summed E-state index contributed by atoms with van der Waals surface area (Å²) >= 11 is 0. The predicted octanol–water partition coefficient (Wildman–Crippen LogP) is 8.04. The van der Waals surface area contributed by atoms with Crippen molar-refractivity contribution in [3.63, 3.8) is 0 Å². The molecule has 0 bridgehead atoms. The molecular formula is C28H48O3. The lowest BCUT2D eigenvalue weighted by Gasteiger charge is -2.23. The molecule has 0 aliphatic carbocycles. The molecule has 1 aromatic rings. The van der Waals surface area contributed by atoms with Gasteiger partial charge in [-0.05, 0) is 41.4 Å². The Morgan fingerprint density at radius 1 is 0.871 bits per heavy atom. The van der Waals surface area contributed by atoms with Crippen LogP contribution in [0.25, 0.3) is 0 Å². The zero-order chi connectivity index (χ0) is 23.1. The van der Waals surface area contributed by atoms with Gasteiger partial charge < -0.3 is 9.84 Å². The van der Waals surface area contributed by atoms with Gasteiger partial charge >= 0.3 is 5.97 Å². The minimum Gasteiger partial charge on any atom is -0.507 e. The van der Waals surface area contributed by atoms with E-state index in [-0.39, 0.29) is 11.4 Å². The number of benzene rings is 1. The molecule has 0 amide bonds. The molecule has 0 aromatic heterocycles. The number of esters is 1. The summed E-state index contributed by atoms with van der Waals surface area (Å²) in [7, 11) is 0. The maximum Gasteiger partial charge on any atom is 0.306 e. The maximum atomic E-state index is 12.1. The van der Waals surface area contributed by atoms with Crippen LogP contribution in [0, 0.1) is 0 Å². The molecule has 0 unspecified atom stereocenters. The second-order valence-electron chi connectivity index (χ2n) is 10.0. The number of ether oxygens (including phenoxy) is 1. The first-order valence-corrected chi connectivity index (χ1v) is 12.8. The Morgan fingerprint density at radius 2 is 1.42 bits per heavy atom. The standard InChI is InChI=1S/C28H48O3/c1-6-8-9-10-11-12-13-14-15-16-17-20-31-26(29)19-18-23-21-24(7-2)27(30)25(22-23)28(3,4)5/h21-22,30H,6-20H2,1-5H3. The van der Waals surface area contributed by atoms with Crippen molar-refractivity contribution in [1.82, 2.24) is 0 Å². The molecule has 0 aliphatic heterocycles. The first kappa shape index (κ1) is 27.5. The van der Waals surface area contributed by atoms with Crippen molar-refractivity contribution in [2.75, 3.05) is 6.61 Å². The lowest BCUT2D eigenvalue weighted by Crippen LogP contribution is -2.13. The third kappa shape index (κ3) is 11.6. The Hall–Kier alpha value is -1.51. The zero-order valence-electron chi connectivity index (χ0n) is 21.0. The van der Waals surface area contributed by atoms with E-state index in [0.717, 1.165) is 36.0 Å². The van der Waals surface area contributed by atoms with Crippen LogP contribution in [0.5, 0.6) is 5.75 Å². The molecule has 0 fully saturated rings. The molecular weight excluding hydrogens is 384 g/mol. The third-order valence-corrected chi connectivity index (χ3v) is 6.07. The second kappa shape index (κ2) is 15.3. The van der Waals surface area contributed by atoms with Gasteiger partial charge in [0.1, 0.15) is 5.75 Å². The summed E-state index contributed by atoms with van der Waals surface area (Å²) in [4.78, 5) is 12.1. The number of aromatic hydroxyl groups is 1. The van der Waals surface area contributed by atoms with E-state index in [4.69, 9.17) is 4.74 Å². The summed E-state index contributed by atoms with van der Waals surface area (Å²) in [5.74, 6) is 0.285. The Morgan fingerprint density at radius 3 is 1.94 bits per heavy atom. The van der Waals surface area contributed by atoms with Gasteiger partial charge in [0.2, 0.25) is 0 Å². The van der Waals surface area contributed by atoms with E-state index in [0.29, 0.717) is 25.2 Å². The number of carbonyl (C=O) groups excluding carboxylic acids is 1.